The highest BCUT2D eigenvalue weighted by atomic mass is 19.1. The third-order valence-corrected chi connectivity index (χ3v) is 4.41. The molecule has 1 aromatic carbocycles. The van der Waals surface area contributed by atoms with E-state index in [0.717, 1.165) is 19.3 Å². The molecule has 0 aliphatic heterocycles. The molecule has 26 heavy (non-hydrogen) atoms. The fourth-order valence-electron chi connectivity index (χ4n) is 2.89. The number of benzene rings is 1. The summed E-state index contributed by atoms with van der Waals surface area (Å²) in [5, 5.41) is 10.3. The van der Waals surface area contributed by atoms with Crippen molar-refractivity contribution >= 4 is 23.5 Å². The summed E-state index contributed by atoms with van der Waals surface area (Å²) in [4.78, 5) is 35.3. The lowest BCUT2D eigenvalue weighted by atomic mass is 9.86. The molecule has 142 valence electrons. The summed E-state index contributed by atoms with van der Waals surface area (Å²) in [7, 11) is 0. The van der Waals surface area contributed by atoms with Crippen LogP contribution in [0.1, 0.15) is 32.6 Å². The number of hydrogen-bond acceptors (Lipinski definition) is 3. The zero-order valence-electron chi connectivity index (χ0n) is 14.8. The molecule has 0 saturated heterocycles. The van der Waals surface area contributed by atoms with Crippen LogP contribution >= 0.6 is 0 Å². The Morgan fingerprint density at radius 3 is 2.35 bits per heavy atom. The van der Waals surface area contributed by atoms with Gasteiger partial charge in [0.05, 0.1) is 13.1 Å². The predicted molar refractivity (Wildman–Crippen MR) is 96.0 cm³/mol. The number of carbonyl (C=O) groups excluding carboxylic acids is 3. The van der Waals surface area contributed by atoms with E-state index in [1.807, 2.05) is 0 Å². The van der Waals surface area contributed by atoms with Crippen molar-refractivity contribution in [1.29, 1.82) is 0 Å². The van der Waals surface area contributed by atoms with E-state index in [4.69, 9.17) is 0 Å². The second-order valence-corrected chi connectivity index (χ2v) is 6.53. The Morgan fingerprint density at radius 2 is 1.65 bits per heavy atom. The molecule has 2 rings (SSSR count). The van der Waals surface area contributed by atoms with E-state index in [1.165, 1.54) is 30.7 Å². The molecule has 4 amide bonds. The molecule has 1 fully saturated rings. The summed E-state index contributed by atoms with van der Waals surface area (Å²) < 4.78 is 12.8. The normalized spacial score (nSPS) is 19.3. The summed E-state index contributed by atoms with van der Waals surface area (Å²) in [6, 6.07) is 5.05. The zero-order chi connectivity index (χ0) is 18.9. The van der Waals surface area contributed by atoms with E-state index in [-0.39, 0.29) is 25.2 Å². The van der Waals surface area contributed by atoms with Crippen LogP contribution in [-0.4, -0.2) is 37.0 Å². The number of rotatable bonds is 6. The second kappa shape index (κ2) is 9.74. The minimum absolute atomic E-state index is 0.133. The van der Waals surface area contributed by atoms with Crippen LogP contribution in [0.5, 0.6) is 0 Å². The van der Waals surface area contributed by atoms with Crippen molar-refractivity contribution in [2.24, 2.45) is 5.92 Å². The van der Waals surface area contributed by atoms with Crippen LogP contribution in [0.4, 0.5) is 14.9 Å². The fourth-order valence-corrected chi connectivity index (χ4v) is 2.89. The van der Waals surface area contributed by atoms with Gasteiger partial charge in [-0.1, -0.05) is 19.8 Å². The van der Waals surface area contributed by atoms with Crippen LogP contribution in [0.25, 0.3) is 0 Å². The summed E-state index contributed by atoms with van der Waals surface area (Å²) in [5.41, 5.74) is 0.435. The van der Waals surface area contributed by atoms with E-state index >= 15 is 0 Å². The second-order valence-electron chi connectivity index (χ2n) is 6.53. The first-order valence-electron chi connectivity index (χ1n) is 8.80. The van der Waals surface area contributed by atoms with Gasteiger partial charge in [0.1, 0.15) is 5.82 Å². The maximum atomic E-state index is 12.8. The van der Waals surface area contributed by atoms with Gasteiger partial charge in [0.2, 0.25) is 11.8 Å². The van der Waals surface area contributed by atoms with Gasteiger partial charge in [-0.25, -0.2) is 9.18 Å². The van der Waals surface area contributed by atoms with E-state index in [1.54, 1.807) is 0 Å². The number of carbonyl (C=O) groups is 3. The Bertz CT molecular complexity index is 636. The highest BCUT2D eigenvalue weighted by Gasteiger charge is 2.22. The first-order chi connectivity index (χ1) is 12.4. The van der Waals surface area contributed by atoms with Crippen molar-refractivity contribution in [2.75, 3.05) is 18.4 Å². The molecular weight excluding hydrogens is 339 g/mol. The number of halogens is 1. The largest absolute Gasteiger partial charge is 0.345 e. The first-order valence-corrected chi connectivity index (χ1v) is 8.80. The number of urea groups is 1. The van der Waals surface area contributed by atoms with Crippen molar-refractivity contribution < 1.29 is 18.8 Å². The highest BCUT2D eigenvalue weighted by molar-refractivity contribution is 5.95. The molecule has 0 heterocycles. The van der Waals surface area contributed by atoms with E-state index in [2.05, 4.69) is 28.2 Å². The van der Waals surface area contributed by atoms with E-state index in [0.29, 0.717) is 11.6 Å². The van der Waals surface area contributed by atoms with Gasteiger partial charge in [0, 0.05) is 11.7 Å². The Kier molecular flexibility index (Phi) is 7.37. The number of anilines is 1. The molecule has 2 atom stereocenters. The maximum absolute atomic E-state index is 12.8. The average molecular weight is 364 g/mol. The zero-order valence-corrected chi connectivity index (χ0v) is 14.8. The minimum atomic E-state index is -0.467. The Balaban J connectivity index is 1.62. The van der Waals surface area contributed by atoms with Crippen LogP contribution in [0.2, 0.25) is 0 Å². The average Bonchev–Trinajstić information content (AvgIpc) is 2.62. The van der Waals surface area contributed by atoms with Crippen LogP contribution in [0, 0.1) is 11.7 Å². The van der Waals surface area contributed by atoms with Gasteiger partial charge in [-0.2, -0.15) is 0 Å². The topological polar surface area (TPSA) is 99.3 Å². The van der Waals surface area contributed by atoms with Crippen LogP contribution in [0.3, 0.4) is 0 Å². The van der Waals surface area contributed by atoms with Crippen LogP contribution < -0.4 is 21.3 Å². The van der Waals surface area contributed by atoms with Crippen LogP contribution in [-0.2, 0) is 9.59 Å². The Labute approximate surface area is 152 Å². The van der Waals surface area contributed by atoms with Gasteiger partial charge in [-0.3, -0.25) is 9.59 Å². The van der Waals surface area contributed by atoms with E-state index in [9.17, 15) is 18.8 Å². The van der Waals surface area contributed by atoms with Gasteiger partial charge in [-0.15, -0.1) is 0 Å². The lowest BCUT2D eigenvalue weighted by molar-refractivity contribution is -0.123. The molecule has 1 aliphatic carbocycles. The number of hydrogen-bond donors (Lipinski definition) is 4. The van der Waals surface area contributed by atoms with Crippen molar-refractivity contribution in [2.45, 2.75) is 38.6 Å². The smallest absolute Gasteiger partial charge is 0.315 e. The lowest BCUT2D eigenvalue weighted by Crippen LogP contribution is -2.48. The first kappa shape index (κ1) is 19.7. The molecule has 8 heteroatoms. The molecule has 7 nitrogen and oxygen atoms in total. The highest BCUT2D eigenvalue weighted by Crippen LogP contribution is 2.23. The monoisotopic (exact) mass is 364 g/mol. The SMILES string of the molecule is C[C@H]1CCCC[C@@H]1NC(=O)NCC(=O)NCC(=O)Nc1ccc(F)cc1. The van der Waals surface area contributed by atoms with Crippen molar-refractivity contribution in [3.8, 4) is 0 Å². The summed E-state index contributed by atoms with van der Waals surface area (Å²) >= 11 is 0. The Morgan fingerprint density at radius 1 is 1.00 bits per heavy atom. The third kappa shape index (κ3) is 6.70. The molecule has 1 saturated carbocycles. The van der Waals surface area contributed by atoms with Crippen molar-refractivity contribution in [3.05, 3.63) is 30.1 Å². The van der Waals surface area contributed by atoms with Gasteiger partial charge in [0.15, 0.2) is 0 Å². The summed E-state index contributed by atoms with van der Waals surface area (Å²) in [6.07, 6.45) is 4.32. The molecule has 0 aromatic heterocycles. The fraction of sp³-hybridized carbons (Fsp3) is 0.500. The van der Waals surface area contributed by atoms with Gasteiger partial charge in [-0.05, 0) is 43.0 Å². The molecule has 0 spiro atoms. The van der Waals surface area contributed by atoms with Gasteiger partial charge >= 0.3 is 6.03 Å². The molecule has 1 aliphatic rings. The van der Waals surface area contributed by atoms with E-state index < -0.39 is 17.6 Å². The molecular formula is C18H25FN4O3. The molecule has 0 unspecified atom stereocenters. The lowest BCUT2D eigenvalue weighted by Gasteiger charge is -2.29. The molecule has 4 N–H and O–H groups in total. The van der Waals surface area contributed by atoms with Gasteiger partial charge in [0.25, 0.3) is 0 Å². The standard InChI is InChI=1S/C18H25FN4O3/c1-12-4-2-3-5-15(12)23-18(26)21-10-16(24)20-11-17(25)22-14-8-6-13(19)7-9-14/h6-9,12,15H,2-5,10-11H2,1H3,(H,20,24)(H,22,25)(H2,21,23,26)/t12-,15-/m0/s1. The van der Waals surface area contributed by atoms with Crippen molar-refractivity contribution in [1.82, 2.24) is 16.0 Å². The third-order valence-electron chi connectivity index (χ3n) is 4.41. The summed E-state index contributed by atoms with van der Waals surface area (Å²) in [5.74, 6) is -0.877. The maximum Gasteiger partial charge on any atom is 0.315 e. The molecule has 0 radical (unpaired) electrons. The molecule has 0 bridgehead atoms. The minimum Gasteiger partial charge on any atom is -0.345 e. The van der Waals surface area contributed by atoms with Crippen molar-refractivity contribution in [3.63, 3.8) is 0 Å². The Hall–Kier alpha value is -2.64. The number of nitrogens with one attached hydrogen (secondary N) is 4. The van der Waals surface area contributed by atoms with Gasteiger partial charge < -0.3 is 21.3 Å². The quantitative estimate of drug-likeness (QED) is 0.619. The molecule has 1 aromatic rings. The summed E-state index contributed by atoms with van der Waals surface area (Å²) in [6.45, 7) is 1.66. The number of amides is 4. The predicted octanol–water partition coefficient (Wildman–Crippen LogP) is 1.76. The van der Waals surface area contributed by atoms with Crippen LogP contribution in [0.15, 0.2) is 24.3 Å².